The average molecular weight is 339 g/mol. The van der Waals surface area contributed by atoms with Crippen LogP contribution < -0.4 is 0 Å². The molecule has 0 aromatic rings. The van der Waals surface area contributed by atoms with E-state index >= 15 is 0 Å². The molecule has 3 heteroatoms. The number of fused-ring (bicyclic) bond motifs is 1. The lowest BCUT2D eigenvalue weighted by molar-refractivity contribution is -0.0420. The molecule has 134 valence electrons. The summed E-state index contributed by atoms with van der Waals surface area (Å²) in [7, 11) is -1.74. The van der Waals surface area contributed by atoms with Gasteiger partial charge in [-0.1, -0.05) is 34.6 Å². The minimum absolute atomic E-state index is 0.0404. The zero-order valence-electron chi connectivity index (χ0n) is 17.1. The molecule has 1 aliphatic heterocycles. The molecule has 0 saturated heterocycles. The van der Waals surface area contributed by atoms with Crippen molar-refractivity contribution < 1.29 is 9.16 Å². The van der Waals surface area contributed by atoms with Gasteiger partial charge in [-0.15, -0.1) is 0 Å². The van der Waals surface area contributed by atoms with Gasteiger partial charge < -0.3 is 9.16 Å². The third-order valence-corrected chi connectivity index (χ3v) is 10.9. The predicted molar refractivity (Wildman–Crippen MR) is 101 cm³/mol. The molecule has 0 bridgehead atoms. The van der Waals surface area contributed by atoms with Crippen LogP contribution in [0, 0.1) is 11.3 Å². The molecule has 0 aromatic heterocycles. The van der Waals surface area contributed by atoms with E-state index in [0.717, 1.165) is 19.3 Å². The quantitative estimate of drug-likeness (QED) is 0.551. The Labute approximate surface area is 145 Å². The highest BCUT2D eigenvalue weighted by atomic mass is 28.4. The van der Waals surface area contributed by atoms with Gasteiger partial charge in [0.15, 0.2) is 8.32 Å². The third kappa shape index (κ3) is 3.87. The molecule has 1 saturated carbocycles. The maximum atomic E-state index is 6.89. The second kappa shape index (κ2) is 5.62. The summed E-state index contributed by atoms with van der Waals surface area (Å²) >= 11 is 0. The van der Waals surface area contributed by atoms with E-state index in [9.17, 15) is 0 Å². The largest absolute Gasteiger partial charge is 0.493 e. The summed E-state index contributed by atoms with van der Waals surface area (Å²) < 4.78 is 13.1. The molecule has 2 atom stereocenters. The van der Waals surface area contributed by atoms with Crippen LogP contribution in [0.4, 0.5) is 0 Å². The number of rotatable bonds is 2. The Morgan fingerprint density at radius 2 is 1.70 bits per heavy atom. The lowest BCUT2D eigenvalue weighted by Crippen LogP contribution is -2.51. The fourth-order valence-electron chi connectivity index (χ4n) is 3.94. The van der Waals surface area contributed by atoms with Crippen LogP contribution in [-0.2, 0) is 9.16 Å². The van der Waals surface area contributed by atoms with E-state index in [2.05, 4.69) is 68.5 Å². The second-order valence-electron chi connectivity index (χ2n) is 10.6. The van der Waals surface area contributed by atoms with Gasteiger partial charge in [0.25, 0.3) is 0 Å². The van der Waals surface area contributed by atoms with Gasteiger partial charge >= 0.3 is 0 Å². The number of hydrogen-bond donors (Lipinski definition) is 0. The smallest absolute Gasteiger partial charge is 0.192 e. The van der Waals surface area contributed by atoms with E-state index in [4.69, 9.17) is 9.16 Å². The summed E-state index contributed by atoms with van der Waals surface area (Å²) in [4.78, 5) is 0. The van der Waals surface area contributed by atoms with E-state index in [1.807, 2.05) is 0 Å². The first kappa shape index (κ1) is 19.0. The van der Waals surface area contributed by atoms with Gasteiger partial charge in [-0.2, -0.15) is 0 Å². The Kier molecular flexibility index (Phi) is 4.66. The maximum absolute atomic E-state index is 6.89. The number of ether oxygens (including phenoxy) is 1. The Morgan fingerprint density at radius 3 is 2.22 bits per heavy atom. The molecule has 0 radical (unpaired) electrons. The van der Waals surface area contributed by atoms with Crippen LogP contribution in [-0.4, -0.2) is 20.0 Å². The van der Waals surface area contributed by atoms with Crippen molar-refractivity contribution in [2.24, 2.45) is 11.3 Å². The van der Waals surface area contributed by atoms with E-state index in [-0.39, 0.29) is 16.1 Å². The Morgan fingerprint density at radius 1 is 1.13 bits per heavy atom. The highest BCUT2D eigenvalue weighted by Gasteiger charge is 2.48. The monoisotopic (exact) mass is 338 g/mol. The molecule has 2 aliphatic rings. The van der Waals surface area contributed by atoms with Crippen LogP contribution in [0.1, 0.15) is 74.7 Å². The molecule has 2 unspecified atom stereocenters. The number of allylic oxidation sites excluding steroid dienone is 2. The summed E-state index contributed by atoms with van der Waals surface area (Å²) in [6, 6.07) is 0. The van der Waals surface area contributed by atoms with Crippen molar-refractivity contribution in [1.29, 1.82) is 0 Å². The van der Waals surface area contributed by atoms with E-state index in [1.54, 1.807) is 5.57 Å². The Bertz CT molecular complexity index is 494. The number of hydrogen-bond acceptors (Lipinski definition) is 2. The van der Waals surface area contributed by atoms with Gasteiger partial charge in [-0.25, -0.2) is 0 Å². The molecular formula is C20H38O2Si. The van der Waals surface area contributed by atoms with Gasteiger partial charge in [0.05, 0.1) is 11.9 Å². The summed E-state index contributed by atoms with van der Waals surface area (Å²) in [6.45, 7) is 23.1. The zero-order chi connectivity index (χ0) is 17.8. The third-order valence-electron chi connectivity index (χ3n) is 6.37. The van der Waals surface area contributed by atoms with Crippen molar-refractivity contribution in [3.63, 3.8) is 0 Å². The Balaban J connectivity index is 2.26. The van der Waals surface area contributed by atoms with Crippen LogP contribution in [0.15, 0.2) is 11.3 Å². The van der Waals surface area contributed by atoms with Crippen LogP contribution in [0.5, 0.6) is 0 Å². The van der Waals surface area contributed by atoms with Gasteiger partial charge in [0.2, 0.25) is 0 Å². The van der Waals surface area contributed by atoms with Gasteiger partial charge in [-0.3, -0.25) is 0 Å². The van der Waals surface area contributed by atoms with Gasteiger partial charge in [0, 0.05) is 0 Å². The first-order valence-electron chi connectivity index (χ1n) is 9.21. The van der Waals surface area contributed by atoms with Crippen LogP contribution in [0.2, 0.25) is 18.1 Å². The van der Waals surface area contributed by atoms with Crippen molar-refractivity contribution in [1.82, 2.24) is 0 Å². The summed E-state index contributed by atoms with van der Waals surface area (Å²) in [5.41, 5.74) is 1.69. The molecule has 0 aromatic carbocycles. The van der Waals surface area contributed by atoms with E-state index < -0.39 is 8.32 Å². The average Bonchev–Trinajstić information content (AvgIpc) is 2.28. The SMILES string of the molecule is CC1=C2CC(C)(C)C(O[Si](C)(C)C(C)(C)C)CC2CC(C)(C)O1. The van der Waals surface area contributed by atoms with E-state index in [1.165, 1.54) is 5.76 Å². The predicted octanol–water partition coefficient (Wildman–Crippen LogP) is 6.29. The molecular weight excluding hydrogens is 300 g/mol. The standard InChI is InChI=1S/C20H38O2Si/c1-14-16-13-19(5,6)17(22-23(9,10)18(2,3)4)11-15(16)12-20(7,8)21-14/h15,17H,11-13H2,1-10H3. The summed E-state index contributed by atoms with van der Waals surface area (Å²) in [6.07, 6.45) is 3.74. The van der Waals surface area contributed by atoms with Gasteiger partial charge in [-0.05, 0) is 75.1 Å². The molecule has 0 amide bonds. The zero-order valence-corrected chi connectivity index (χ0v) is 18.1. The molecule has 1 aliphatic carbocycles. The first-order valence-corrected chi connectivity index (χ1v) is 12.1. The Hall–Kier alpha value is -0.283. The van der Waals surface area contributed by atoms with Crippen molar-refractivity contribution in [2.75, 3.05) is 0 Å². The molecule has 2 nitrogen and oxygen atoms in total. The lowest BCUT2D eigenvalue weighted by atomic mass is 9.65. The normalized spacial score (nSPS) is 30.7. The first-order chi connectivity index (χ1) is 10.1. The topological polar surface area (TPSA) is 18.5 Å². The van der Waals surface area contributed by atoms with Crippen LogP contribution in [0.25, 0.3) is 0 Å². The lowest BCUT2D eigenvalue weighted by Gasteiger charge is -2.51. The second-order valence-corrected chi connectivity index (χ2v) is 15.4. The van der Waals surface area contributed by atoms with Gasteiger partial charge in [0.1, 0.15) is 5.60 Å². The fraction of sp³-hybridized carbons (Fsp3) is 0.900. The summed E-state index contributed by atoms with van der Waals surface area (Å²) in [5.74, 6) is 1.80. The fourth-order valence-corrected chi connectivity index (χ4v) is 5.42. The highest BCUT2D eigenvalue weighted by molar-refractivity contribution is 6.74. The van der Waals surface area contributed by atoms with E-state index in [0.29, 0.717) is 12.0 Å². The summed E-state index contributed by atoms with van der Waals surface area (Å²) in [5, 5.41) is 0.268. The molecule has 2 rings (SSSR count). The molecule has 23 heavy (non-hydrogen) atoms. The maximum Gasteiger partial charge on any atom is 0.192 e. The van der Waals surface area contributed by atoms with Crippen molar-refractivity contribution in [3.05, 3.63) is 11.3 Å². The molecule has 1 fully saturated rings. The van der Waals surface area contributed by atoms with Crippen molar-refractivity contribution in [2.45, 2.75) is 104 Å². The van der Waals surface area contributed by atoms with Crippen molar-refractivity contribution >= 4 is 8.32 Å². The molecule has 1 heterocycles. The van der Waals surface area contributed by atoms with Crippen LogP contribution in [0.3, 0.4) is 0 Å². The van der Waals surface area contributed by atoms with Crippen LogP contribution >= 0.6 is 0 Å². The minimum atomic E-state index is -1.74. The van der Waals surface area contributed by atoms with Crippen molar-refractivity contribution in [3.8, 4) is 0 Å². The highest BCUT2D eigenvalue weighted by Crippen LogP contribution is 2.52. The minimum Gasteiger partial charge on any atom is -0.493 e. The molecule has 0 N–H and O–H groups in total. The molecule has 0 spiro atoms.